The van der Waals surface area contributed by atoms with Crippen LogP contribution in [0.25, 0.3) is 10.9 Å². The second kappa shape index (κ2) is 10.7. The molecule has 178 valence electrons. The summed E-state index contributed by atoms with van der Waals surface area (Å²) in [5, 5.41) is 23.4. The highest BCUT2D eigenvalue weighted by atomic mass is 32.2. The Labute approximate surface area is 192 Å². The number of aliphatic hydroxyl groups excluding tert-OH is 1. The number of aliphatic carboxylic acids is 1. The summed E-state index contributed by atoms with van der Waals surface area (Å²) in [5.41, 5.74) is 3.86. The first-order valence-corrected chi connectivity index (χ1v) is 12.4. The van der Waals surface area contributed by atoms with Gasteiger partial charge in [-0.15, -0.1) is 0 Å². The number of aromatic nitrogens is 1. The van der Waals surface area contributed by atoms with E-state index in [-0.39, 0.29) is 13.0 Å². The van der Waals surface area contributed by atoms with E-state index in [1.54, 1.807) is 24.3 Å². The summed E-state index contributed by atoms with van der Waals surface area (Å²) in [7, 11) is -3.38. The number of carboxylic acids is 1. The zero-order valence-electron chi connectivity index (χ0n) is 18.6. The van der Waals surface area contributed by atoms with Crippen LogP contribution >= 0.6 is 0 Å². The van der Waals surface area contributed by atoms with Gasteiger partial charge in [0.2, 0.25) is 10.0 Å². The van der Waals surface area contributed by atoms with Crippen LogP contribution in [-0.2, 0) is 21.2 Å². The summed E-state index contributed by atoms with van der Waals surface area (Å²) < 4.78 is 30.9. The fourth-order valence-electron chi connectivity index (χ4n) is 3.57. The van der Waals surface area contributed by atoms with E-state index in [1.807, 2.05) is 25.1 Å². The molecule has 0 saturated heterocycles. The van der Waals surface area contributed by atoms with Gasteiger partial charge in [0.1, 0.15) is 12.4 Å². The van der Waals surface area contributed by atoms with Crippen LogP contribution in [0.2, 0.25) is 0 Å². The Morgan fingerprint density at radius 3 is 2.73 bits per heavy atom. The van der Waals surface area contributed by atoms with E-state index in [9.17, 15) is 18.3 Å². The van der Waals surface area contributed by atoms with Crippen molar-refractivity contribution in [2.24, 2.45) is 0 Å². The minimum absolute atomic E-state index is 0.0764. The van der Waals surface area contributed by atoms with Gasteiger partial charge in [-0.3, -0.25) is 9.52 Å². The number of ether oxygens (including phenoxy) is 1. The third kappa shape index (κ3) is 7.21. The fourth-order valence-corrected chi connectivity index (χ4v) is 4.12. The molecule has 1 heterocycles. The van der Waals surface area contributed by atoms with Gasteiger partial charge in [0, 0.05) is 41.4 Å². The van der Waals surface area contributed by atoms with Gasteiger partial charge in [0.25, 0.3) is 0 Å². The summed E-state index contributed by atoms with van der Waals surface area (Å²) in [5.74, 6) is -0.136. The fraction of sp³-hybridized carbons (Fsp3) is 0.348. The number of aromatic amines is 1. The predicted octanol–water partition coefficient (Wildman–Crippen LogP) is 2.57. The van der Waals surface area contributed by atoms with Crippen molar-refractivity contribution in [1.29, 1.82) is 0 Å². The van der Waals surface area contributed by atoms with Crippen LogP contribution in [-0.4, -0.2) is 55.5 Å². The number of aryl methyl sites for hydroxylation is 2. The van der Waals surface area contributed by atoms with Gasteiger partial charge in [0.05, 0.1) is 18.8 Å². The Hall–Kier alpha value is -3.08. The molecule has 3 rings (SSSR count). The van der Waals surface area contributed by atoms with Gasteiger partial charge in [-0.05, 0) is 48.7 Å². The van der Waals surface area contributed by atoms with Crippen LogP contribution in [0.15, 0.2) is 42.5 Å². The molecular weight excluding hydrogens is 446 g/mol. The Kier molecular flexibility index (Phi) is 7.96. The molecule has 3 aromatic rings. The molecule has 0 aliphatic heterocycles. The van der Waals surface area contributed by atoms with Gasteiger partial charge in [-0.1, -0.05) is 12.1 Å². The Morgan fingerprint density at radius 2 is 2.00 bits per heavy atom. The quantitative estimate of drug-likeness (QED) is 0.254. The number of carboxylic acid groups (broad SMARTS) is 1. The molecule has 0 aliphatic carbocycles. The molecule has 0 unspecified atom stereocenters. The van der Waals surface area contributed by atoms with Crippen molar-refractivity contribution < 1.29 is 28.2 Å². The normalized spacial score (nSPS) is 12.6. The molecule has 0 saturated carbocycles. The molecule has 0 aliphatic rings. The number of sulfonamides is 1. The maximum Gasteiger partial charge on any atom is 0.303 e. The number of benzene rings is 2. The van der Waals surface area contributed by atoms with Crippen molar-refractivity contribution in [1.82, 2.24) is 10.3 Å². The highest BCUT2D eigenvalue weighted by Crippen LogP contribution is 2.26. The zero-order chi connectivity index (χ0) is 24.0. The van der Waals surface area contributed by atoms with Crippen molar-refractivity contribution in [3.8, 4) is 5.75 Å². The average molecular weight is 476 g/mol. The lowest BCUT2D eigenvalue weighted by atomic mass is 10.1. The second-order valence-electron chi connectivity index (χ2n) is 7.90. The predicted molar refractivity (Wildman–Crippen MR) is 127 cm³/mol. The van der Waals surface area contributed by atoms with Crippen LogP contribution in [0.5, 0.6) is 5.75 Å². The molecule has 9 nitrogen and oxygen atoms in total. The molecule has 5 N–H and O–H groups in total. The van der Waals surface area contributed by atoms with Gasteiger partial charge in [0.15, 0.2) is 0 Å². The van der Waals surface area contributed by atoms with Crippen molar-refractivity contribution in [3.05, 3.63) is 59.3 Å². The minimum atomic E-state index is -3.38. The van der Waals surface area contributed by atoms with Crippen molar-refractivity contribution in [2.75, 3.05) is 30.7 Å². The highest BCUT2D eigenvalue weighted by molar-refractivity contribution is 7.92. The average Bonchev–Trinajstić information content (AvgIpc) is 3.05. The molecule has 0 amide bonds. The summed E-state index contributed by atoms with van der Waals surface area (Å²) >= 11 is 0. The number of aliphatic hydroxyl groups is 1. The number of nitrogens with one attached hydrogen (secondary N) is 3. The van der Waals surface area contributed by atoms with E-state index in [0.29, 0.717) is 36.6 Å². The molecular formula is C23H29N3O6S. The lowest BCUT2D eigenvalue weighted by Crippen LogP contribution is -2.26. The Morgan fingerprint density at radius 1 is 1.21 bits per heavy atom. The Balaban J connectivity index is 1.48. The number of rotatable bonds is 12. The maximum atomic E-state index is 11.4. The van der Waals surface area contributed by atoms with E-state index in [1.165, 1.54) is 0 Å². The molecule has 1 aromatic heterocycles. The van der Waals surface area contributed by atoms with E-state index < -0.39 is 22.1 Å². The van der Waals surface area contributed by atoms with Crippen LogP contribution in [0.1, 0.15) is 29.3 Å². The van der Waals surface area contributed by atoms with Crippen molar-refractivity contribution >= 4 is 32.6 Å². The smallest absolute Gasteiger partial charge is 0.303 e. The molecule has 33 heavy (non-hydrogen) atoms. The van der Waals surface area contributed by atoms with E-state index in [4.69, 9.17) is 9.84 Å². The molecule has 0 spiro atoms. The molecule has 10 heteroatoms. The monoisotopic (exact) mass is 475 g/mol. The van der Waals surface area contributed by atoms with E-state index in [2.05, 4.69) is 15.0 Å². The largest absolute Gasteiger partial charge is 0.492 e. The topological polar surface area (TPSA) is 141 Å². The lowest BCUT2D eigenvalue weighted by Gasteiger charge is -2.14. The lowest BCUT2D eigenvalue weighted by molar-refractivity contribution is -0.136. The zero-order valence-corrected chi connectivity index (χ0v) is 19.4. The number of hydrogen-bond acceptors (Lipinski definition) is 6. The number of H-pyrrole nitrogens is 1. The summed E-state index contributed by atoms with van der Waals surface area (Å²) in [4.78, 5) is 14.1. The third-order valence-electron chi connectivity index (χ3n) is 5.18. The second-order valence-corrected chi connectivity index (χ2v) is 9.65. The third-order valence-corrected chi connectivity index (χ3v) is 5.79. The van der Waals surface area contributed by atoms with Gasteiger partial charge < -0.3 is 25.3 Å². The SMILES string of the molecule is Cc1c(CCC(=O)O)[nH]c2cc(OCCNC[C@H](O)c3cccc(NS(C)(=O)=O)c3)ccc12. The first-order valence-electron chi connectivity index (χ1n) is 10.5. The molecule has 1 atom stereocenters. The Bertz CT molecular complexity index is 1220. The van der Waals surface area contributed by atoms with E-state index in [0.717, 1.165) is 28.4 Å². The number of hydrogen-bond donors (Lipinski definition) is 5. The van der Waals surface area contributed by atoms with Crippen LogP contribution in [0, 0.1) is 6.92 Å². The molecule has 0 radical (unpaired) electrons. The standard InChI is InChI=1S/C23H29N3O6S/c1-15-19-7-6-18(13-21(19)25-20(15)8-9-23(28)29)32-11-10-24-14-22(27)16-4-3-5-17(12-16)26-33(2,30)31/h3-7,12-13,22,24-27H,8-11,14H2,1-2H3,(H,28,29)/t22-/m0/s1. The van der Waals surface area contributed by atoms with Gasteiger partial charge in [-0.2, -0.15) is 0 Å². The minimum Gasteiger partial charge on any atom is -0.492 e. The van der Waals surface area contributed by atoms with Crippen molar-refractivity contribution in [3.63, 3.8) is 0 Å². The van der Waals surface area contributed by atoms with Crippen LogP contribution in [0.3, 0.4) is 0 Å². The highest BCUT2D eigenvalue weighted by Gasteiger charge is 2.11. The summed E-state index contributed by atoms with van der Waals surface area (Å²) in [6.07, 6.45) is 0.803. The van der Waals surface area contributed by atoms with Crippen molar-refractivity contribution in [2.45, 2.75) is 25.9 Å². The summed E-state index contributed by atoms with van der Waals surface area (Å²) in [6, 6.07) is 12.4. The number of carbonyl (C=O) groups is 1. The molecule has 0 fully saturated rings. The number of fused-ring (bicyclic) bond motifs is 1. The van der Waals surface area contributed by atoms with Gasteiger partial charge in [-0.25, -0.2) is 8.42 Å². The summed E-state index contributed by atoms with van der Waals surface area (Å²) in [6.45, 7) is 3.15. The van der Waals surface area contributed by atoms with Crippen LogP contribution < -0.4 is 14.8 Å². The maximum absolute atomic E-state index is 11.4. The first-order chi connectivity index (χ1) is 15.6. The molecule has 2 aromatic carbocycles. The first kappa shape index (κ1) is 24.6. The van der Waals surface area contributed by atoms with E-state index >= 15 is 0 Å². The van der Waals surface area contributed by atoms with Crippen LogP contribution in [0.4, 0.5) is 5.69 Å². The van der Waals surface area contributed by atoms with Gasteiger partial charge >= 0.3 is 5.97 Å². The molecule has 0 bridgehead atoms. The number of anilines is 1.